The average molecular weight is 196 g/mol. The van der Waals surface area contributed by atoms with Crippen LogP contribution in [0.2, 0.25) is 0 Å². The molecular formula is C11H20N2O. The summed E-state index contributed by atoms with van der Waals surface area (Å²) in [6, 6.07) is 0.610. The lowest BCUT2D eigenvalue weighted by Crippen LogP contribution is -2.46. The summed E-state index contributed by atoms with van der Waals surface area (Å²) < 4.78 is 0. The number of nitrogens with zero attached hydrogens (tertiary/aromatic N) is 2. The molecule has 80 valence electrons. The normalized spacial score (nSPS) is 34.0. The summed E-state index contributed by atoms with van der Waals surface area (Å²) in [6.07, 6.45) is 2.97. The van der Waals surface area contributed by atoms with Gasteiger partial charge in [0.25, 0.3) is 0 Å². The Morgan fingerprint density at radius 2 is 2.07 bits per heavy atom. The molecule has 3 nitrogen and oxygen atoms in total. The summed E-state index contributed by atoms with van der Waals surface area (Å²) in [7, 11) is 1.97. The fraction of sp³-hybridized carbons (Fsp3) is 0.909. The van der Waals surface area contributed by atoms with Crippen molar-refractivity contribution in [1.29, 1.82) is 0 Å². The molecule has 2 rings (SSSR count). The van der Waals surface area contributed by atoms with E-state index in [0.717, 1.165) is 32.4 Å². The van der Waals surface area contributed by atoms with E-state index in [0.29, 0.717) is 11.9 Å². The number of carbonyl (C=O) groups excluding carboxylic acids is 1. The molecule has 0 aromatic rings. The maximum Gasteiger partial charge on any atom is 0.222 e. The molecule has 1 atom stereocenters. The largest absolute Gasteiger partial charge is 0.339 e. The van der Waals surface area contributed by atoms with Gasteiger partial charge in [0.2, 0.25) is 5.91 Å². The summed E-state index contributed by atoms with van der Waals surface area (Å²) in [5, 5.41) is 0. The first kappa shape index (κ1) is 9.97. The number of likely N-dealkylation sites (tertiary alicyclic amines) is 2. The van der Waals surface area contributed by atoms with Gasteiger partial charge in [0.15, 0.2) is 0 Å². The third-order valence-electron chi connectivity index (χ3n) is 3.98. The average Bonchev–Trinajstić information content (AvgIpc) is 2.68. The maximum absolute atomic E-state index is 11.5. The van der Waals surface area contributed by atoms with Gasteiger partial charge in [0.05, 0.1) is 5.54 Å². The van der Waals surface area contributed by atoms with E-state index >= 15 is 0 Å². The zero-order chi connectivity index (χ0) is 10.3. The fourth-order valence-corrected chi connectivity index (χ4v) is 2.75. The summed E-state index contributed by atoms with van der Waals surface area (Å²) in [4.78, 5) is 16.0. The van der Waals surface area contributed by atoms with E-state index in [1.54, 1.807) is 0 Å². The predicted molar refractivity (Wildman–Crippen MR) is 56.1 cm³/mol. The van der Waals surface area contributed by atoms with Crippen molar-refractivity contribution in [2.24, 2.45) is 0 Å². The molecule has 3 heteroatoms. The highest BCUT2D eigenvalue weighted by atomic mass is 16.2. The fourth-order valence-electron chi connectivity index (χ4n) is 2.75. The topological polar surface area (TPSA) is 23.6 Å². The van der Waals surface area contributed by atoms with Gasteiger partial charge in [-0.15, -0.1) is 0 Å². The molecule has 0 aromatic heterocycles. The van der Waals surface area contributed by atoms with Crippen LogP contribution in [0.25, 0.3) is 0 Å². The second-order valence-electron chi connectivity index (χ2n) is 4.99. The Hall–Kier alpha value is -0.570. The Kier molecular flexibility index (Phi) is 2.30. The smallest absolute Gasteiger partial charge is 0.222 e. The minimum absolute atomic E-state index is 0.182. The van der Waals surface area contributed by atoms with Crippen molar-refractivity contribution in [2.75, 3.05) is 20.1 Å². The lowest BCUT2D eigenvalue weighted by Gasteiger charge is -2.32. The van der Waals surface area contributed by atoms with E-state index < -0.39 is 0 Å². The molecule has 2 heterocycles. The quantitative estimate of drug-likeness (QED) is 0.627. The van der Waals surface area contributed by atoms with Crippen molar-refractivity contribution in [3.05, 3.63) is 0 Å². The standard InChI is InChI=1S/C11H20N2O/c1-9(2)13-7-6-11(8-13)5-4-10(14)12(11)3/h9H,4-8H2,1-3H3. The Morgan fingerprint density at radius 1 is 1.36 bits per heavy atom. The molecule has 2 fully saturated rings. The number of hydrogen-bond donors (Lipinski definition) is 0. The molecule has 2 aliphatic heterocycles. The predicted octanol–water partition coefficient (Wildman–Crippen LogP) is 1.09. The Morgan fingerprint density at radius 3 is 2.50 bits per heavy atom. The van der Waals surface area contributed by atoms with Crippen LogP contribution >= 0.6 is 0 Å². The lowest BCUT2D eigenvalue weighted by molar-refractivity contribution is -0.129. The first-order chi connectivity index (χ1) is 6.55. The monoisotopic (exact) mass is 196 g/mol. The molecule has 1 amide bonds. The second kappa shape index (κ2) is 3.23. The van der Waals surface area contributed by atoms with E-state index in [9.17, 15) is 4.79 Å². The number of carbonyl (C=O) groups is 1. The van der Waals surface area contributed by atoms with Crippen LogP contribution in [0.1, 0.15) is 33.1 Å². The van der Waals surface area contributed by atoms with Crippen LogP contribution in [0.15, 0.2) is 0 Å². The zero-order valence-electron chi connectivity index (χ0n) is 9.42. The number of likely N-dealkylation sites (N-methyl/N-ethyl adjacent to an activating group) is 1. The SMILES string of the molecule is CC(C)N1CCC2(CCC(=O)N2C)C1. The number of rotatable bonds is 1. The molecule has 2 saturated heterocycles. The molecular weight excluding hydrogens is 176 g/mol. The van der Waals surface area contributed by atoms with Crippen LogP contribution < -0.4 is 0 Å². The first-order valence-electron chi connectivity index (χ1n) is 5.56. The molecule has 0 radical (unpaired) electrons. The van der Waals surface area contributed by atoms with Gasteiger partial charge in [0.1, 0.15) is 0 Å². The van der Waals surface area contributed by atoms with Crippen molar-refractivity contribution in [2.45, 2.75) is 44.7 Å². The Bertz CT molecular complexity index is 252. The molecule has 0 aromatic carbocycles. The first-order valence-corrected chi connectivity index (χ1v) is 5.56. The van der Waals surface area contributed by atoms with Crippen LogP contribution in [0.4, 0.5) is 0 Å². The summed E-state index contributed by atoms with van der Waals surface area (Å²) >= 11 is 0. The molecule has 0 aliphatic carbocycles. The molecule has 1 unspecified atom stereocenters. The third-order valence-corrected chi connectivity index (χ3v) is 3.98. The van der Waals surface area contributed by atoms with Crippen molar-refractivity contribution < 1.29 is 4.79 Å². The highest BCUT2D eigenvalue weighted by Gasteiger charge is 2.47. The van der Waals surface area contributed by atoms with Crippen LogP contribution in [-0.2, 0) is 4.79 Å². The Balaban J connectivity index is 2.10. The summed E-state index contributed by atoms with van der Waals surface area (Å²) in [5.74, 6) is 0.329. The minimum atomic E-state index is 0.182. The molecule has 2 aliphatic rings. The van der Waals surface area contributed by atoms with Gasteiger partial charge in [-0.1, -0.05) is 0 Å². The highest BCUT2D eigenvalue weighted by Crippen LogP contribution is 2.37. The van der Waals surface area contributed by atoms with Crippen molar-refractivity contribution in [1.82, 2.24) is 9.80 Å². The molecule has 14 heavy (non-hydrogen) atoms. The molecule has 0 N–H and O–H groups in total. The van der Waals surface area contributed by atoms with Gasteiger partial charge in [0, 0.05) is 32.6 Å². The minimum Gasteiger partial charge on any atom is -0.339 e. The Labute approximate surface area is 86.1 Å². The molecule has 0 bridgehead atoms. The zero-order valence-corrected chi connectivity index (χ0v) is 9.42. The third kappa shape index (κ3) is 1.34. The number of amides is 1. The van der Waals surface area contributed by atoms with Crippen molar-refractivity contribution in [3.63, 3.8) is 0 Å². The van der Waals surface area contributed by atoms with Crippen LogP contribution in [0.3, 0.4) is 0 Å². The van der Waals surface area contributed by atoms with Gasteiger partial charge in [-0.25, -0.2) is 0 Å². The summed E-state index contributed by atoms with van der Waals surface area (Å²) in [6.45, 7) is 6.69. The maximum atomic E-state index is 11.5. The van der Waals surface area contributed by atoms with Gasteiger partial charge in [-0.05, 0) is 26.7 Å². The van der Waals surface area contributed by atoms with Gasteiger partial charge >= 0.3 is 0 Å². The van der Waals surface area contributed by atoms with Crippen molar-refractivity contribution in [3.8, 4) is 0 Å². The highest BCUT2D eigenvalue weighted by molar-refractivity contribution is 5.79. The summed E-state index contributed by atoms with van der Waals surface area (Å²) in [5.41, 5.74) is 0.182. The number of hydrogen-bond acceptors (Lipinski definition) is 2. The van der Waals surface area contributed by atoms with E-state index in [4.69, 9.17) is 0 Å². The second-order valence-corrected chi connectivity index (χ2v) is 4.99. The molecule has 0 saturated carbocycles. The van der Waals surface area contributed by atoms with Gasteiger partial charge in [-0.2, -0.15) is 0 Å². The van der Waals surface area contributed by atoms with E-state index in [1.807, 2.05) is 11.9 Å². The van der Waals surface area contributed by atoms with E-state index in [-0.39, 0.29) is 5.54 Å². The molecule has 1 spiro atoms. The van der Waals surface area contributed by atoms with Gasteiger partial charge in [-0.3, -0.25) is 9.69 Å². The lowest BCUT2D eigenvalue weighted by atomic mass is 9.96. The van der Waals surface area contributed by atoms with E-state index in [1.165, 1.54) is 0 Å². The van der Waals surface area contributed by atoms with Gasteiger partial charge < -0.3 is 4.90 Å². The van der Waals surface area contributed by atoms with Crippen LogP contribution in [0, 0.1) is 0 Å². The van der Waals surface area contributed by atoms with Crippen LogP contribution in [-0.4, -0.2) is 47.4 Å². The van der Waals surface area contributed by atoms with E-state index in [2.05, 4.69) is 18.7 Å². The van der Waals surface area contributed by atoms with Crippen molar-refractivity contribution >= 4 is 5.91 Å². The van der Waals surface area contributed by atoms with Crippen LogP contribution in [0.5, 0.6) is 0 Å².